The molecular formula is C13H26IN3O. The molecule has 2 atom stereocenters. The maximum Gasteiger partial charge on any atom is 0.189 e. The maximum absolute atomic E-state index is 5.84. The highest BCUT2D eigenvalue weighted by molar-refractivity contribution is 14.0. The van der Waals surface area contributed by atoms with Gasteiger partial charge in [-0.15, -0.1) is 24.0 Å². The number of rotatable bonds is 4. The molecule has 18 heavy (non-hydrogen) atoms. The van der Waals surface area contributed by atoms with Gasteiger partial charge in [0.1, 0.15) is 0 Å². The van der Waals surface area contributed by atoms with Crippen molar-refractivity contribution in [2.75, 3.05) is 13.7 Å². The topological polar surface area (TPSA) is 59.6 Å². The number of nitrogens with zero attached hydrogens (tertiary/aromatic N) is 1. The van der Waals surface area contributed by atoms with Crippen molar-refractivity contribution in [3.05, 3.63) is 12.2 Å². The van der Waals surface area contributed by atoms with Gasteiger partial charge in [-0.1, -0.05) is 26.0 Å². The van der Waals surface area contributed by atoms with Gasteiger partial charge in [-0.25, -0.2) is 4.99 Å². The molecule has 1 aliphatic carbocycles. The molecule has 1 rings (SSSR count). The lowest BCUT2D eigenvalue weighted by atomic mass is 9.56. The molecule has 0 spiro atoms. The fraction of sp³-hybridized carbons (Fsp3) is 0.769. The summed E-state index contributed by atoms with van der Waals surface area (Å²) in [7, 11) is 1.76. The second-order valence-electron chi connectivity index (χ2n) is 5.72. The lowest BCUT2D eigenvalue weighted by Gasteiger charge is -2.59. The van der Waals surface area contributed by atoms with E-state index in [9.17, 15) is 0 Å². The predicted octanol–water partition coefficient (Wildman–Crippen LogP) is 2.29. The average Bonchev–Trinajstić information content (AvgIpc) is 2.25. The zero-order chi connectivity index (χ0) is 13.3. The molecule has 0 heterocycles. The SMILES string of the molecule is C=C(C)CN=C(N)NC1CC(C)(OC)C1(C)C.I. The maximum atomic E-state index is 5.84. The Labute approximate surface area is 127 Å². The zero-order valence-corrected chi connectivity index (χ0v) is 14.4. The number of nitrogens with two attached hydrogens (primary N) is 1. The summed E-state index contributed by atoms with van der Waals surface area (Å²) in [6.07, 6.45) is 0.944. The highest BCUT2D eigenvalue weighted by Gasteiger charge is 2.57. The molecule has 0 aliphatic heterocycles. The average molecular weight is 367 g/mol. The van der Waals surface area contributed by atoms with Gasteiger partial charge in [-0.3, -0.25) is 0 Å². The van der Waals surface area contributed by atoms with E-state index in [0.29, 0.717) is 18.5 Å². The Kier molecular flexibility index (Phi) is 6.13. The molecule has 0 aromatic rings. The number of methoxy groups -OCH3 is 1. The van der Waals surface area contributed by atoms with Gasteiger partial charge in [0.05, 0.1) is 12.1 Å². The van der Waals surface area contributed by atoms with Crippen LogP contribution < -0.4 is 11.1 Å². The molecule has 4 nitrogen and oxygen atoms in total. The van der Waals surface area contributed by atoms with Crippen LogP contribution in [0, 0.1) is 5.41 Å². The normalized spacial score (nSPS) is 30.1. The number of guanidine groups is 1. The Morgan fingerprint density at radius 1 is 1.50 bits per heavy atom. The molecule has 5 heteroatoms. The van der Waals surface area contributed by atoms with E-state index in [2.05, 4.69) is 37.7 Å². The van der Waals surface area contributed by atoms with Gasteiger partial charge in [0.2, 0.25) is 0 Å². The van der Waals surface area contributed by atoms with Gasteiger partial charge in [-0.2, -0.15) is 0 Å². The number of hydrogen-bond donors (Lipinski definition) is 2. The van der Waals surface area contributed by atoms with Gasteiger partial charge in [-0.05, 0) is 20.3 Å². The van der Waals surface area contributed by atoms with Crippen LogP contribution in [0.4, 0.5) is 0 Å². The number of nitrogens with one attached hydrogen (secondary N) is 1. The van der Waals surface area contributed by atoms with Crippen molar-refractivity contribution >= 4 is 29.9 Å². The van der Waals surface area contributed by atoms with Crippen LogP contribution in [0.15, 0.2) is 17.1 Å². The zero-order valence-electron chi connectivity index (χ0n) is 12.0. The Bertz CT molecular complexity index is 341. The first-order valence-electron chi connectivity index (χ1n) is 5.99. The van der Waals surface area contributed by atoms with Crippen molar-refractivity contribution in [3.8, 4) is 0 Å². The monoisotopic (exact) mass is 367 g/mol. The summed E-state index contributed by atoms with van der Waals surface area (Å²) < 4.78 is 5.56. The fourth-order valence-corrected chi connectivity index (χ4v) is 2.17. The Morgan fingerprint density at radius 2 is 2.06 bits per heavy atom. The number of hydrogen-bond acceptors (Lipinski definition) is 2. The van der Waals surface area contributed by atoms with Crippen LogP contribution in [0.3, 0.4) is 0 Å². The summed E-state index contributed by atoms with van der Waals surface area (Å²) in [5.74, 6) is 0.490. The van der Waals surface area contributed by atoms with Crippen molar-refractivity contribution in [2.24, 2.45) is 16.1 Å². The summed E-state index contributed by atoms with van der Waals surface area (Å²) in [5.41, 5.74) is 6.81. The van der Waals surface area contributed by atoms with Crippen molar-refractivity contribution in [3.63, 3.8) is 0 Å². The summed E-state index contributed by atoms with van der Waals surface area (Å²) >= 11 is 0. The molecule has 3 N–H and O–H groups in total. The molecule has 1 fully saturated rings. The van der Waals surface area contributed by atoms with E-state index in [0.717, 1.165) is 12.0 Å². The van der Waals surface area contributed by atoms with E-state index in [1.807, 2.05) is 6.92 Å². The molecule has 0 radical (unpaired) electrons. The molecule has 0 aromatic heterocycles. The van der Waals surface area contributed by atoms with Crippen molar-refractivity contribution < 1.29 is 4.74 Å². The lowest BCUT2D eigenvalue weighted by molar-refractivity contribution is -0.176. The van der Waals surface area contributed by atoms with Crippen molar-refractivity contribution in [1.29, 1.82) is 0 Å². The first kappa shape index (κ1) is 17.7. The second kappa shape index (κ2) is 6.23. The second-order valence-corrected chi connectivity index (χ2v) is 5.72. The minimum atomic E-state index is -0.0840. The van der Waals surface area contributed by atoms with Crippen LogP contribution in [0.25, 0.3) is 0 Å². The molecule has 0 aromatic carbocycles. The molecule has 1 aliphatic rings. The van der Waals surface area contributed by atoms with E-state index in [1.165, 1.54) is 0 Å². The van der Waals surface area contributed by atoms with E-state index >= 15 is 0 Å². The molecule has 106 valence electrons. The Morgan fingerprint density at radius 3 is 2.44 bits per heavy atom. The van der Waals surface area contributed by atoms with E-state index in [-0.39, 0.29) is 35.0 Å². The smallest absolute Gasteiger partial charge is 0.189 e. The Hall–Kier alpha value is -0.300. The Balaban J connectivity index is 0.00000289. The minimum absolute atomic E-state index is 0. The van der Waals surface area contributed by atoms with Crippen molar-refractivity contribution in [2.45, 2.75) is 45.8 Å². The van der Waals surface area contributed by atoms with E-state index in [1.54, 1.807) is 7.11 Å². The number of halogens is 1. The third-order valence-electron chi connectivity index (χ3n) is 4.12. The molecular weight excluding hydrogens is 341 g/mol. The van der Waals surface area contributed by atoms with Gasteiger partial charge in [0.25, 0.3) is 0 Å². The first-order valence-corrected chi connectivity index (χ1v) is 5.99. The predicted molar refractivity (Wildman–Crippen MR) is 87.5 cm³/mol. The van der Waals surface area contributed by atoms with Crippen LogP contribution in [-0.2, 0) is 4.74 Å². The van der Waals surface area contributed by atoms with Crippen LogP contribution in [0.2, 0.25) is 0 Å². The third-order valence-corrected chi connectivity index (χ3v) is 4.12. The van der Waals surface area contributed by atoms with Gasteiger partial charge < -0.3 is 15.8 Å². The van der Waals surface area contributed by atoms with Crippen molar-refractivity contribution in [1.82, 2.24) is 5.32 Å². The molecule has 0 amide bonds. The summed E-state index contributed by atoms with van der Waals surface area (Å²) in [6, 6.07) is 0.307. The number of ether oxygens (including phenoxy) is 1. The van der Waals surface area contributed by atoms with Crippen LogP contribution in [0.1, 0.15) is 34.1 Å². The lowest BCUT2D eigenvalue weighted by Crippen LogP contribution is -2.69. The van der Waals surface area contributed by atoms with Gasteiger partial charge >= 0.3 is 0 Å². The highest BCUT2D eigenvalue weighted by atomic mass is 127. The standard InChI is InChI=1S/C13H25N3O.HI/c1-9(2)8-15-11(14)16-10-7-13(5,17-6)12(10,3)4;/h10H,1,7-8H2,2-6H3,(H3,14,15,16);1H. The van der Waals surface area contributed by atoms with E-state index < -0.39 is 0 Å². The quantitative estimate of drug-likeness (QED) is 0.347. The molecule has 2 unspecified atom stereocenters. The summed E-state index contributed by atoms with van der Waals surface area (Å²) in [6.45, 7) is 12.8. The third kappa shape index (κ3) is 3.38. The fourth-order valence-electron chi connectivity index (χ4n) is 2.17. The van der Waals surface area contributed by atoms with Crippen LogP contribution in [0.5, 0.6) is 0 Å². The van der Waals surface area contributed by atoms with Crippen LogP contribution >= 0.6 is 24.0 Å². The largest absolute Gasteiger partial charge is 0.378 e. The minimum Gasteiger partial charge on any atom is -0.378 e. The van der Waals surface area contributed by atoms with Gasteiger partial charge in [0.15, 0.2) is 5.96 Å². The highest BCUT2D eigenvalue weighted by Crippen LogP contribution is 2.51. The van der Waals surface area contributed by atoms with Crippen LogP contribution in [-0.4, -0.2) is 31.3 Å². The number of aliphatic imine (C=N–C) groups is 1. The van der Waals surface area contributed by atoms with E-state index in [4.69, 9.17) is 10.5 Å². The summed E-state index contributed by atoms with van der Waals surface area (Å²) in [4.78, 5) is 4.23. The van der Waals surface area contributed by atoms with Gasteiger partial charge in [0, 0.05) is 18.6 Å². The molecule has 1 saturated carbocycles. The molecule has 0 saturated heterocycles. The summed E-state index contributed by atoms with van der Waals surface area (Å²) in [5, 5.41) is 3.26. The molecule has 0 bridgehead atoms. The first-order chi connectivity index (χ1) is 7.73.